The number of esters is 1. The largest absolute Gasteiger partial charge is 0.458 e. The third kappa shape index (κ3) is 3.50. The van der Waals surface area contributed by atoms with Gasteiger partial charge in [0.15, 0.2) is 5.17 Å². The number of thioether (sulfide) groups is 1. The molecule has 25 heavy (non-hydrogen) atoms. The van der Waals surface area contributed by atoms with Crippen LogP contribution in [-0.4, -0.2) is 34.3 Å². The van der Waals surface area contributed by atoms with Gasteiger partial charge in [0.25, 0.3) is 0 Å². The van der Waals surface area contributed by atoms with Gasteiger partial charge in [0.05, 0.1) is 17.3 Å². The molecule has 1 saturated heterocycles. The molecule has 3 rings (SSSR count). The number of carbonyl (C=O) groups is 2. The summed E-state index contributed by atoms with van der Waals surface area (Å²) in [5, 5.41) is 1.21. The van der Waals surface area contributed by atoms with Gasteiger partial charge < -0.3 is 4.74 Å². The van der Waals surface area contributed by atoms with Crippen molar-refractivity contribution in [1.29, 1.82) is 0 Å². The average molecular weight is 377 g/mol. The minimum atomic E-state index is -0.567. The average Bonchev–Trinajstić information content (AvgIpc) is 2.59. The Morgan fingerprint density at radius 1 is 1.48 bits per heavy atom. The molecule has 0 radical (unpaired) electrons. The number of fused-ring (bicyclic) bond motifs is 1. The maximum Gasteiger partial charge on any atom is 0.338 e. The van der Waals surface area contributed by atoms with Crippen LogP contribution in [0.5, 0.6) is 0 Å². The zero-order valence-corrected chi connectivity index (χ0v) is 15.3. The SMILES string of the molecule is C=CCOC(=O)C1=C(C)N=C2SCCC(=O)N2C1c1ccc(Cl)cc1. The van der Waals surface area contributed by atoms with E-state index in [4.69, 9.17) is 16.3 Å². The molecule has 0 bridgehead atoms. The first-order valence-corrected chi connectivity index (χ1v) is 9.17. The van der Waals surface area contributed by atoms with Gasteiger partial charge in [-0.2, -0.15) is 0 Å². The summed E-state index contributed by atoms with van der Waals surface area (Å²) >= 11 is 7.50. The monoisotopic (exact) mass is 376 g/mol. The first-order chi connectivity index (χ1) is 12.0. The lowest BCUT2D eigenvalue weighted by Crippen LogP contribution is -2.45. The van der Waals surface area contributed by atoms with Gasteiger partial charge in [-0.05, 0) is 24.6 Å². The molecule has 130 valence electrons. The van der Waals surface area contributed by atoms with E-state index in [9.17, 15) is 9.59 Å². The quantitative estimate of drug-likeness (QED) is 0.593. The van der Waals surface area contributed by atoms with Crippen molar-refractivity contribution in [2.75, 3.05) is 12.4 Å². The van der Waals surface area contributed by atoms with Gasteiger partial charge in [0, 0.05) is 17.2 Å². The Hall–Kier alpha value is -2.05. The van der Waals surface area contributed by atoms with Crippen molar-refractivity contribution in [2.24, 2.45) is 4.99 Å². The summed E-state index contributed by atoms with van der Waals surface area (Å²) in [6.45, 7) is 5.42. The molecule has 0 aliphatic carbocycles. The minimum Gasteiger partial charge on any atom is -0.458 e. The number of halogens is 1. The van der Waals surface area contributed by atoms with E-state index in [0.717, 1.165) is 5.56 Å². The first-order valence-electron chi connectivity index (χ1n) is 7.80. The summed E-state index contributed by atoms with van der Waals surface area (Å²) in [6.07, 6.45) is 1.91. The van der Waals surface area contributed by atoms with E-state index in [2.05, 4.69) is 11.6 Å². The molecule has 0 saturated carbocycles. The Balaban J connectivity index is 2.11. The highest BCUT2D eigenvalue weighted by Crippen LogP contribution is 2.40. The number of allylic oxidation sites excluding steroid dienone is 1. The predicted molar refractivity (Wildman–Crippen MR) is 99.4 cm³/mol. The summed E-state index contributed by atoms with van der Waals surface area (Å²) in [7, 11) is 0. The molecule has 0 aromatic heterocycles. The lowest BCUT2D eigenvalue weighted by Gasteiger charge is -2.38. The molecule has 0 spiro atoms. The van der Waals surface area contributed by atoms with Gasteiger partial charge in [-0.25, -0.2) is 9.79 Å². The van der Waals surface area contributed by atoms with E-state index in [1.165, 1.54) is 17.8 Å². The van der Waals surface area contributed by atoms with Crippen molar-refractivity contribution >= 4 is 40.4 Å². The second-order valence-corrected chi connectivity index (χ2v) is 7.10. The number of hydrogen-bond acceptors (Lipinski definition) is 5. The first kappa shape index (κ1) is 17.8. The second-order valence-electron chi connectivity index (χ2n) is 5.60. The topological polar surface area (TPSA) is 59.0 Å². The van der Waals surface area contributed by atoms with Crippen LogP contribution in [0.15, 0.2) is 53.2 Å². The molecule has 0 N–H and O–H groups in total. The van der Waals surface area contributed by atoms with E-state index in [-0.39, 0.29) is 12.5 Å². The lowest BCUT2D eigenvalue weighted by atomic mass is 9.94. The van der Waals surface area contributed by atoms with Gasteiger partial charge in [0.2, 0.25) is 5.91 Å². The summed E-state index contributed by atoms with van der Waals surface area (Å²) in [6, 6.07) is 6.55. The van der Waals surface area contributed by atoms with Crippen LogP contribution in [0.1, 0.15) is 24.9 Å². The summed E-state index contributed by atoms with van der Waals surface area (Å²) in [4.78, 5) is 31.3. The molecule has 5 nitrogen and oxygen atoms in total. The summed E-state index contributed by atoms with van der Waals surface area (Å²) in [5.41, 5.74) is 1.71. The van der Waals surface area contributed by atoms with Gasteiger partial charge >= 0.3 is 5.97 Å². The Kier molecular flexibility index (Phi) is 5.30. The van der Waals surface area contributed by atoms with E-state index >= 15 is 0 Å². The molecular formula is C18H17ClN2O3S. The molecule has 1 aromatic carbocycles. The standard InChI is InChI=1S/C18H17ClN2O3S/c1-3-9-24-17(23)15-11(2)20-18-21(14(22)8-10-25-18)16(15)12-4-6-13(19)7-5-12/h3-7,16H,1,8-10H2,2H3. The van der Waals surface area contributed by atoms with Crippen LogP contribution in [0.25, 0.3) is 0 Å². The van der Waals surface area contributed by atoms with Crippen LogP contribution < -0.4 is 0 Å². The third-order valence-corrected chi connectivity index (χ3v) is 5.15. The Morgan fingerprint density at radius 2 is 2.20 bits per heavy atom. The van der Waals surface area contributed by atoms with Gasteiger partial charge in [-0.15, -0.1) is 0 Å². The molecule has 1 atom stereocenters. The second kappa shape index (κ2) is 7.45. The normalized spacial score (nSPS) is 20.1. The number of hydrogen-bond donors (Lipinski definition) is 0. The van der Waals surface area contributed by atoms with Crippen molar-refractivity contribution in [2.45, 2.75) is 19.4 Å². The van der Waals surface area contributed by atoms with Crippen molar-refractivity contribution in [3.8, 4) is 0 Å². The van der Waals surface area contributed by atoms with Crippen molar-refractivity contribution in [3.05, 3.63) is 58.8 Å². The number of nitrogens with zero attached hydrogens (tertiary/aromatic N) is 2. The molecule has 1 amide bonds. The number of ether oxygens (including phenoxy) is 1. The van der Waals surface area contributed by atoms with Crippen molar-refractivity contribution < 1.29 is 14.3 Å². The molecule has 2 heterocycles. The summed E-state index contributed by atoms with van der Waals surface area (Å²) < 4.78 is 5.24. The zero-order valence-electron chi connectivity index (χ0n) is 13.7. The molecule has 2 aliphatic heterocycles. The van der Waals surface area contributed by atoms with E-state index in [1.54, 1.807) is 24.0 Å². The fraction of sp³-hybridized carbons (Fsp3) is 0.278. The molecule has 1 aromatic rings. The molecule has 7 heteroatoms. The molecular weight excluding hydrogens is 360 g/mol. The maximum absolute atomic E-state index is 12.6. The highest BCUT2D eigenvalue weighted by Gasteiger charge is 2.41. The van der Waals surface area contributed by atoms with E-state index in [0.29, 0.717) is 33.6 Å². The summed E-state index contributed by atoms with van der Waals surface area (Å²) in [5.74, 6) is 0.132. The zero-order chi connectivity index (χ0) is 18.0. The Bertz CT molecular complexity index is 786. The van der Waals surface area contributed by atoms with Crippen LogP contribution in [0.4, 0.5) is 0 Å². The van der Waals surface area contributed by atoms with E-state index < -0.39 is 12.0 Å². The van der Waals surface area contributed by atoms with Gasteiger partial charge in [-0.3, -0.25) is 9.69 Å². The van der Waals surface area contributed by atoms with Crippen LogP contribution in [0.2, 0.25) is 5.02 Å². The fourth-order valence-electron chi connectivity index (χ4n) is 2.83. The fourth-order valence-corrected chi connectivity index (χ4v) is 3.96. The molecule has 1 unspecified atom stereocenters. The lowest BCUT2D eigenvalue weighted by molar-refractivity contribution is -0.139. The van der Waals surface area contributed by atoms with Gasteiger partial charge in [0.1, 0.15) is 6.61 Å². The minimum absolute atomic E-state index is 0.0565. The van der Waals surface area contributed by atoms with Crippen LogP contribution >= 0.6 is 23.4 Å². The Morgan fingerprint density at radius 3 is 2.88 bits per heavy atom. The highest BCUT2D eigenvalue weighted by molar-refractivity contribution is 8.14. The smallest absolute Gasteiger partial charge is 0.338 e. The Labute approximate surface area is 155 Å². The van der Waals surface area contributed by atoms with Crippen LogP contribution in [0, 0.1) is 0 Å². The molecule has 2 aliphatic rings. The molecule has 1 fully saturated rings. The van der Waals surface area contributed by atoms with Gasteiger partial charge in [-0.1, -0.05) is 48.2 Å². The highest BCUT2D eigenvalue weighted by atomic mass is 35.5. The van der Waals surface area contributed by atoms with E-state index in [1.807, 2.05) is 12.1 Å². The number of rotatable bonds is 4. The predicted octanol–water partition coefficient (Wildman–Crippen LogP) is 3.72. The number of amidine groups is 1. The number of amides is 1. The van der Waals surface area contributed by atoms with Crippen molar-refractivity contribution in [3.63, 3.8) is 0 Å². The third-order valence-electron chi connectivity index (χ3n) is 3.94. The maximum atomic E-state index is 12.6. The van der Waals surface area contributed by atoms with Crippen molar-refractivity contribution in [1.82, 2.24) is 4.90 Å². The number of carbonyl (C=O) groups excluding carboxylic acids is 2. The van der Waals surface area contributed by atoms with Crippen LogP contribution in [0.3, 0.4) is 0 Å². The number of benzene rings is 1. The number of aliphatic imine (C=N–C) groups is 1. The van der Waals surface area contributed by atoms with Crippen LogP contribution in [-0.2, 0) is 14.3 Å².